The molecule has 1 aliphatic carbocycles. The number of hydrogen-bond acceptors (Lipinski definition) is 1. The molecule has 0 heterocycles. The molecule has 0 bridgehead atoms. The maximum Gasteiger partial charge on any atom is 0.185 e. The molecule has 1 aromatic rings. The van der Waals surface area contributed by atoms with Crippen molar-refractivity contribution in [2.45, 2.75) is 46.1 Å². The first-order valence-corrected chi connectivity index (χ1v) is 6.81. The molecule has 1 fully saturated rings. The fourth-order valence-corrected chi connectivity index (χ4v) is 3.05. The van der Waals surface area contributed by atoms with Crippen molar-refractivity contribution in [2.24, 2.45) is 11.3 Å². The van der Waals surface area contributed by atoms with Crippen molar-refractivity contribution in [3.05, 3.63) is 29.3 Å². The Morgan fingerprint density at radius 3 is 2.15 bits per heavy atom. The van der Waals surface area contributed by atoms with Crippen LogP contribution in [-0.2, 0) is 0 Å². The molecule has 1 N–H and O–H groups in total. The maximum atomic E-state index is 13.6. The maximum absolute atomic E-state index is 13.6. The molecule has 5 heteroatoms. The number of anilines is 1. The van der Waals surface area contributed by atoms with Crippen LogP contribution in [-0.4, -0.2) is 6.04 Å². The summed E-state index contributed by atoms with van der Waals surface area (Å²) in [6, 6.07) is 0.0386. The molecule has 0 radical (unpaired) electrons. The molecule has 2 unspecified atom stereocenters. The van der Waals surface area contributed by atoms with Gasteiger partial charge in [0, 0.05) is 12.1 Å². The first-order chi connectivity index (χ1) is 9.21. The highest BCUT2D eigenvalue weighted by molar-refractivity contribution is 5.48. The molecular weight excluding hydrogens is 270 g/mol. The van der Waals surface area contributed by atoms with Gasteiger partial charge < -0.3 is 5.32 Å². The first-order valence-electron chi connectivity index (χ1n) is 6.81. The van der Waals surface area contributed by atoms with Crippen LogP contribution in [0.5, 0.6) is 0 Å². The van der Waals surface area contributed by atoms with Gasteiger partial charge >= 0.3 is 0 Å². The summed E-state index contributed by atoms with van der Waals surface area (Å²) in [5.41, 5.74) is -0.513. The minimum Gasteiger partial charge on any atom is -0.377 e. The zero-order valence-electron chi connectivity index (χ0n) is 11.9. The predicted molar refractivity (Wildman–Crippen MR) is 70.5 cm³/mol. The van der Waals surface area contributed by atoms with Crippen LogP contribution in [0.2, 0.25) is 0 Å². The lowest BCUT2D eigenvalue weighted by molar-refractivity contribution is 0.176. The minimum atomic E-state index is -1.38. The summed E-state index contributed by atoms with van der Waals surface area (Å²) in [5.74, 6) is -5.31. The van der Waals surface area contributed by atoms with E-state index in [2.05, 4.69) is 19.2 Å². The van der Waals surface area contributed by atoms with E-state index in [1.54, 1.807) is 0 Å². The van der Waals surface area contributed by atoms with Crippen LogP contribution in [0.1, 0.15) is 40.0 Å². The van der Waals surface area contributed by atoms with Crippen LogP contribution >= 0.6 is 0 Å². The molecule has 0 spiro atoms. The van der Waals surface area contributed by atoms with E-state index in [1.807, 2.05) is 6.92 Å². The standard InChI is InChI=1S/C15H19F4N/c1-8-7-15(2,3)5-4-11(8)20-14-12(18)9(16)6-10(17)13(14)19/h6,8,11,20H,4-5,7H2,1-3H3. The Hall–Kier alpha value is -1.26. The second kappa shape index (κ2) is 5.26. The molecular formula is C15H19F4N. The van der Waals surface area contributed by atoms with Gasteiger partial charge in [-0.15, -0.1) is 0 Å². The summed E-state index contributed by atoms with van der Waals surface area (Å²) in [4.78, 5) is 0. The number of benzene rings is 1. The van der Waals surface area contributed by atoms with Gasteiger partial charge in [-0.2, -0.15) is 0 Å². The van der Waals surface area contributed by atoms with Crippen LogP contribution in [0, 0.1) is 34.6 Å². The molecule has 1 aliphatic rings. The Kier molecular flexibility index (Phi) is 3.98. The van der Waals surface area contributed by atoms with E-state index in [-0.39, 0.29) is 23.4 Å². The van der Waals surface area contributed by atoms with Gasteiger partial charge in [-0.3, -0.25) is 0 Å². The molecule has 2 atom stereocenters. The van der Waals surface area contributed by atoms with Crippen molar-refractivity contribution in [3.8, 4) is 0 Å². The zero-order valence-corrected chi connectivity index (χ0v) is 11.9. The summed E-state index contributed by atoms with van der Waals surface area (Å²) in [7, 11) is 0. The van der Waals surface area contributed by atoms with E-state index < -0.39 is 29.0 Å². The second-order valence-electron chi connectivity index (χ2n) is 6.48. The highest BCUT2D eigenvalue weighted by Gasteiger charge is 2.33. The molecule has 2 rings (SSSR count). The Labute approximate surface area is 116 Å². The summed E-state index contributed by atoms with van der Waals surface area (Å²) >= 11 is 0. The smallest absolute Gasteiger partial charge is 0.185 e. The fraction of sp³-hybridized carbons (Fsp3) is 0.600. The third kappa shape index (κ3) is 2.91. The van der Waals surface area contributed by atoms with Crippen molar-refractivity contribution in [1.82, 2.24) is 0 Å². The molecule has 0 amide bonds. The van der Waals surface area contributed by atoms with E-state index in [1.165, 1.54) is 0 Å². The lowest BCUT2D eigenvalue weighted by Gasteiger charge is -2.40. The van der Waals surface area contributed by atoms with Gasteiger partial charge in [-0.1, -0.05) is 20.8 Å². The van der Waals surface area contributed by atoms with E-state index in [9.17, 15) is 17.6 Å². The van der Waals surface area contributed by atoms with Gasteiger partial charge in [-0.25, -0.2) is 17.6 Å². The molecule has 1 saturated carbocycles. The van der Waals surface area contributed by atoms with Gasteiger partial charge in [0.15, 0.2) is 23.3 Å². The molecule has 0 saturated heterocycles. The number of hydrogen-bond donors (Lipinski definition) is 1. The Morgan fingerprint density at radius 2 is 1.65 bits per heavy atom. The molecule has 0 aromatic heterocycles. The molecule has 0 aliphatic heterocycles. The second-order valence-corrected chi connectivity index (χ2v) is 6.48. The SMILES string of the molecule is CC1CC(C)(C)CCC1Nc1c(F)c(F)cc(F)c1F. The average Bonchev–Trinajstić information content (AvgIpc) is 2.34. The first kappa shape index (κ1) is 15.1. The summed E-state index contributed by atoms with van der Waals surface area (Å²) in [6.07, 6.45) is 2.51. The Bertz CT molecular complexity index is 487. The molecule has 20 heavy (non-hydrogen) atoms. The summed E-state index contributed by atoms with van der Waals surface area (Å²) < 4.78 is 53.6. The van der Waals surface area contributed by atoms with Gasteiger partial charge in [0.1, 0.15) is 5.69 Å². The highest BCUT2D eigenvalue weighted by atomic mass is 19.2. The van der Waals surface area contributed by atoms with E-state index in [4.69, 9.17) is 0 Å². The third-order valence-corrected chi connectivity index (χ3v) is 4.14. The number of rotatable bonds is 2. The predicted octanol–water partition coefficient (Wildman–Crippen LogP) is 4.87. The van der Waals surface area contributed by atoms with Crippen molar-refractivity contribution in [2.75, 3.05) is 5.32 Å². The van der Waals surface area contributed by atoms with Crippen molar-refractivity contribution < 1.29 is 17.6 Å². The van der Waals surface area contributed by atoms with Crippen molar-refractivity contribution in [1.29, 1.82) is 0 Å². The quantitative estimate of drug-likeness (QED) is 0.605. The average molecular weight is 289 g/mol. The van der Waals surface area contributed by atoms with Crippen molar-refractivity contribution in [3.63, 3.8) is 0 Å². The Balaban J connectivity index is 2.23. The molecule has 112 valence electrons. The topological polar surface area (TPSA) is 12.0 Å². The minimum absolute atomic E-state index is 0.170. The largest absolute Gasteiger partial charge is 0.377 e. The lowest BCUT2D eigenvalue weighted by Crippen LogP contribution is -2.37. The molecule has 1 nitrogen and oxygen atoms in total. The van der Waals surface area contributed by atoms with Crippen LogP contribution in [0.15, 0.2) is 6.07 Å². The van der Waals surface area contributed by atoms with E-state index >= 15 is 0 Å². The van der Waals surface area contributed by atoms with Crippen molar-refractivity contribution >= 4 is 5.69 Å². The normalized spacial score (nSPS) is 25.6. The van der Waals surface area contributed by atoms with Crippen LogP contribution < -0.4 is 5.32 Å². The van der Waals surface area contributed by atoms with Gasteiger partial charge in [0.2, 0.25) is 0 Å². The third-order valence-electron chi connectivity index (χ3n) is 4.14. The zero-order chi connectivity index (χ0) is 15.1. The monoisotopic (exact) mass is 289 g/mol. The van der Waals surface area contributed by atoms with E-state index in [0.29, 0.717) is 6.42 Å². The number of nitrogens with one attached hydrogen (secondary N) is 1. The van der Waals surface area contributed by atoms with Crippen LogP contribution in [0.3, 0.4) is 0 Å². The van der Waals surface area contributed by atoms with Crippen LogP contribution in [0.25, 0.3) is 0 Å². The Morgan fingerprint density at radius 1 is 1.10 bits per heavy atom. The van der Waals surface area contributed by atoms with Gasteiger partial charge in [0.25, 0.3) is 0 Å². The number of halogens is 4. The fourth-order valence-electron chi connectivity index (χ4n) is 3.05. The van der Waals surface area contributed by atoms with Gasteiger partial charge in [0.05, 0.1) is 0 Å². The van der Waals surface area contributed by atoms with Gasteiger partial charge in [-0.05, 0) is 30.6 Å². The van der Waals surface area contributed by atoms with E-state index in [0.717, 1.165) is 12.8 Å². The molecule has 1 aromatic carbocycles. The lowest BCUT2D eigenvalue weighted by atomic mass is 9.70. The highest BCUT2D eigenvalue weighted by Crippen LogP contribution is 2.40. The van der Waals surface area contributed by atoms with Crippen LogP contribution in [0.4, 0.5) is 23.2 Å². The summed E-state index contributed by atoms with van der Waals surface area (Å²) in [5, 5.41) is 2.66. The summed E-state index contributed by atoms with van der Waals surface area (Å²) in [6.45, 7) is 6.26.